The van der Waals surface area contributed by atoms with Gasteiger partial charge in [0.2, 0.25) is 0 Å². The molecule has 146 valence electrons. The van der Waals surface area contributed by atoms with Crippen LogP contribution in [-0.2, 0) is 4.79 Å². The summed E-state index contributed by atoms with van der Waals surface area (Å²) in [5.74, 6) is -0.794. The zero-order valence-corrected chi connectivity index (χ0v) is 15.6. The molecule has 0 saturated heterocycles. The highest BCUT2D eigenvalue weighted by atomic mass is 19.3. The molecule has 3 N–H and O–H groups in total. The van der Waals surface area contributed by atoms with E-state index < -0.39 is 18.7 Å². The number of hydrogen-bond donors (Lipinski definition) is 2. The van der Waals surface area contributed by atoms with Crippen LogP contribution in [0.4, 0.5) is 8.78 Å². The lowest BCUT2D eigenvalue weighted by Crippen LogP contribution is -2.33. The molecule has 28 heavy (non-hydrogen) atoms. The summed E-state index contributed by atoms with van der Waals surface area (Å²) in [6, 6.07) is 10.2. The van der Waals surface area contributed by atoms with E-state index in [4.69, 9.17) is 10.5 Å². The molecular weight excluding hydrogens is 368 g/mol. The van der Waals surface area contributed by atoms with E-state index in [0.717, 1.165) is 16.7 Å². The first-order valence-corrected chi connectivity index (χ1v) is 8.55. The van der Waals surface area contributed by atoms with Crippen molar-refractivity contribution < 1.29 is 28.3 Å². The van der Waals surface area contributed by atoms with E-state index >= 15 is 0 Å². The second-order valence-electron chi connectivity index (χ2n) is 6.55. The number of aliphatic imine (C=N–C) groups is 1. The number of hydroxylamine groups is 1. The van der Waals surface area contributed by atoms with Crippen LogP contribution in [0.1, 0.15) is 29.8 Å². The lowest BCUT2D eigenvalue weighted by Gasteiger charge is -2.16. The Morgan fingerprint density at radius 2 is 1.86 bits per heavy atom. The zero-order chi connectivity index (χ0) is 20.6. The average molecular weight is 388 g/mol. The van der Waals surface area contributed by atoms with Crippen LogP contribution >= 0.6 is 0 Å². The Balaban J connectivity index is 2.19. The van der Waals surface area contributed by atoms with Crippen molar-refractivity contribution in [3.63, 3.8) is 0 Å². The van der Waals surface area contributed by atoms with Gasteiger partial charge in [-0.25, -0.2) is 4.99 Å². The molecule has 0 fully saturated rings. The second-order valence-corrected chi connectivity index (χ2v) is 6.55. The summed E-state index contributed by atoms with van der Waals surface area (Å²) in [5.41, 5.74) is 8.94. The number of rotatable bonds is 5. The average Bonchev–Trinajstić information content (AvgIpc) is 2.90. The molecule has 2 aromatic carbocycles. The van der Waals surface area contributed by atoms with Gasteiger partial charge in [0, 0.05) is 15.9 Å². The number of benzene rings is 2. The van der Waals surface area contributed by atoms with Gasteiger partial charge in [0.25, 0.3) is 0 Å². The molecule has 1 heterocycles. The van der Waals surface area contributed by atoms with Crippen molar-refractivity contribution in [1.82, 2.24) is 0 Å². The Morgan fingerprint density at radius 1 is 1.21 bits per heavy atom. The fourth-order valence-corrected chi connectivity index (χ4v) is 3.44. The summed E-state index contributed by atoms with van der Waals surface area (Å²) in [4.78, 5) is 15.8. The van der Waals surface area contributed by atoms with Gasteiger partial charge >= 0.3 is 24.4 Å². The first-order chi connectivity index (χ1) is 13.2. The van der Waals surface area contributed by atoms with Crippen LogP contribution in [0, 0.1) is 13.8 Å². The Kier molecular flexibility index (Phi) is 5.13. The topological polar surface area (TPSA) is 87.9 Å². The van der Waals surface area contributed by atoms with Gasteiger partial charge in [0.15, 0.2) is 0 Å². The zero-order valence-electron chi connectivity index (χ0n) is 15.6. The number of primary amides is 1. The van der Waals surface area contributed by atoms with Crippen molar-refractivity contribution >= 4 is 17.3 Å². The number of aryl methyl sites for hydroxylation is 2. The van der Waals surface area contributed by atoms with Crippen molar-refractivity contribution in [3.05, 3.63) is 53.1 Å². The van der Waals surface area contributed by atoms with E-state index in [9.17, 15) is 18.8 Å². The SMILES string of the molecule is CC1=NC(c2ccc(OC(F)F)c(-c3c(C)cccc3C)c2)[N+](O)=C1C(N)=O. The number of carbonyl (C=O) groups excluding carboxylic acids is 1. The van der Waals surface area contributed by atoms with E-state index in [1.807, 2.05) is 32.0 Å². The quantitative estimate of drug-likeness (QED) is 0.608. The Hall–Kier alpha value is -3.29. The largest absolute Gasteiger partial charge is 0.434 e. The van der Waals surface area contributed by atoms with E-state index in [-0.39, 0.29) is 11.5 Å². The maximum atomic E-state index is 12.9. The minimum atomic E-state index is -2.98. The molecule has 1 unspecified atom stereocenters. The van der Waals surface area contributed by atoms with Gasteiger partial charge < -0.3 is 10.5 Å². The Bertz CT molecular complexity index is 996. The molecule has 2 aromatic rings. The van der Waals surface area contributed by atoms with Gasteiger partial charge in [-0.3, -0.25) is 10.0 Å². The van der Waals surface area contributed by atoms with Crippen LogP contribution in [0.2, 0.25) is 0 Å². The third-order valence-electron chi connectivity index (χ3n) is 4.62. The molecule has 0 bridgehead atoms. The van der Waals surface area contributed by atoms with Crippen LogP contribution in [0.5, 0.6) is 5.75 Å². The number of hydrogen-bond acceptors (Lipinski definition) is 4. The molecule has 0 aromatic heterocycles. The smallest absolute Gasteiger partial charge is 0.387 e. The first-order valence-electron chi connectivity index (χ1n) is 8.55. The number of halogens is 2. The molecule has 1 atom stereocenters. The summed E-state index contributed by atoms with van der Waals surface area (Å²) >= 11 is 0. The number of carbonyl (C=O) groups is 1. The van der Waals surface area contributed by atoms with Gasteiger partial charge in [0.1, 0.15) is 11.5 Å². The number of nitrogens with two attached hydrogens (primary N) is 1. The fraction of sp³-hybridized carbons (Fsp3) is 0.250. The third kappa shape index (κ3) is 3.45. The maximum absolute atomic E-state index is 12.9. The Morgan fingerprint density at radius 3 is 2.39 bits per heavy atom. The van der Waals surface area contributed by atoms with Crippen molar-refractivity contribution in [2.45, 2.75) is 33.5 Å². The molecule has 0 aliphatic carbocycles. The Labute approximate surface area is 160 Å². The number of ether oxygens (including phenoxy) is 1. The van der Waals surface area contributed by atoms with Crippen molar-refractivity contribution in [1.29, 1.82) is 0 Å². The predicted octanol–water partition coefficient (Wildman–Crippen LogP) is 3.37. The number of amides is 1. The highest BCUT2D eigenvalue weighted by Crippen LogP contribution is 2.38. The van der Waals surface area contributed by atoms with Crippen LogP contribution < -0.4 is 10.5 Å². The van der Waals surface area contributed by atoms with E-state index in [1.165, 1.54) is 12.1 Å². The summed E-state index contributed by atoms with van der Waals surface area (Å²) in [6.45, 7) is 2.32. The molecule has 0 spiro atoms. The fourth-order valence-electron chi connectivity index (χ4n) is 3.44. The maximum Gasteiger partial charge on any atom is 0.387 e. The third-order valence-corrected chi connectivity index (χ3v) is 4.62. The monoisotopic (exact) mass is 388 g/mol. The van der Waals surface area contributed by atoms with Gasteiger partial charge in [-0.2, -0.15) is 8.78 Å². The number of nitrogens with zero attached hydrogens (tertiary/aromatic N) is 2. The number of alkyl halides is 2. The molecule has 6 nitrogen and oxygen atoms in total. The highest BCUT2D eigenvalue weighted by Gasteiger charge is 2.39. The minimum Gasteiger partial charge on any atom is -0.434 e. The molecule has 1 aliphatic rings. The molecule has 1 aliphatic heterocycles. The van der Waals surface area contributed by atoms with E-state index in [2.05, 4.69) is 4.99 Å². The lowest BCUT2D eigenvalue weighted by molar-refractivity contribution is -0.799. The summed E-state index contributed by atoms with van der Waals surface area (Å²) in [6.07, 6.45) is -0.911. The summed E-state index contributed by atoms with van der Waals surface area (Å²) in [5, 5.41) is 10.4. The van der Waals surface area contributed by atoms with Crippen molar-refractivity contribution in [2.75, 3.05) is 0 Å². The van der Waals surface area contributed by atoms with Gasteiger partial charge in [-0.15, -0.1) is 0 Å². The summed E-state index contributed by atoms with van der Waals surface area (Å²) in [7, 11) is 0. The second kappa shape index (κ2) is 7.38. The van der Waals surface area contributed by atoms with Crippen LogP contribution in [0.15, 0.2) is 41.4 Å². The molecule has 3 rings (SSSR count). The van der Waals surface area contributed by atoms with E-state index in [0.29, 0.717) is 21.6 Å². The molecule has 8 heteroatoms. The van der Waals surface area contributed by atoms with Crippen molar-refractivity contribution in [3.8, 4) is 16.9 Å². The highest BCUT2D eigenvalue weighted by molar-refractivity contribution is 6.64. The molecule has 0 radical (unpaired) electrons. The normalized spacial score (nSPS) is 16.5. The van der Waals surface area contributed by atoms with Gasteiger partial charge in [0.05, 0.1) is 0 Å². The van der Waals surface area contributed by atoms with E-state index in [1.54, 1.807) is 13.0 Å². The minimum absolute atomic E-state index is 0.0124. The van der Waals surface area contributed by atoms with Crippen LogP contribution in [-0.4, -0.2) is 33.9 Å². The van der Waals surface area contributed by atoms with Crippen LogP contribution in [0.25, 0.3) is 11.1 Å². The predicted molar refractivity (Wildman–Crippen MR) is 100 cm³/mol. The standard InChI is InChI=1S/C20H19F2N3O3/c1-10-5-4-6-11(2)16(10)14-9-13(7-8-15(14)28-20(21)22)19-24-12(3)17(18(23)26)25(19)27/h4-9,19-20H,1-3H3,(H2-,23,24,26,27)/p+1. The lowest BCUT2D eigenvalue weighted by atomic mass is 9.93. The molecule has 1 amide bonds. The van der Waals surface area contributed by atoms with Gasteiger partial charge in [-0.1, -0.05) is 18.2 Å². The van der Waals surface area contributed by atoms with Gasteiger partial charge in [-0.05, 0) is 55.7 Å². The molecule has 0 saturated carbocycles. The van der Waals surface area contributed by atoms with Crippen molar-refractivity contribution in [2.24, 2.45) is 10.7 Å². The first kappa shape index (κ1) is 19.5. The molecular formula is C20H20F2N3O3+. The van der Waals surface area contributed by atoms with Crippen LogP contribution in [0.3, 0.4) is 0 Å². The summed E-state index contributed by atoms with van der Waals surface area (Å²) < 4.78 is 31.3.